The number of anilines is 2. The molecule has 1 fully saturated rings. The summed E-state index contributed by atoms with van der Waals surface area (Å²) in [5.74, 6) is -0.0440. The maximum absolute atomic E-state index is 13.3. The molecule has 24 heavy (non-hydrogen) atoms. The highest BCUT2D eigenvalue weighted by atomic mass is 16.4. The second-order valence-corrected chi connectivity index (χ2v) is 6.05. The Hall–Kier alpha value is -3.08. The van der Waals surface area contributed by atoms with Crippen molar-refractivity contribution in [2.24, 2.45) is 5.16 Å². The lowest BCUT2D eigenvalue weighted by Gasteiger charge is -2.27. The maximum atomic E-state index is 13.3. The summed E-state index contributed by atoms with van der Waals surface area (Å²) in [6, 6.07) is 18.9. The third kappa shape index (κ3) is 2.17. The minimum Gasteiger partial charge on any atom is -0.411 e. The van der Waals surface area contributed by atoms with Gasteiger partial charge in [0.1, 0.15) is 11.3 Å². The van der Waals surface area contributed by atoms with Crippen LogP contribution in [0.4, 0.5) is 11.4 Å². The summed E-state index contributed by atoms with van der Waals surface area (Å²) >= 11 is 0. The van der Waals surface area contributed by atoms with E-state index in [1.807, 2.05) is 60.7 Å². The Bertz CT molecular complexity index is 817. The van der Waals surface area contributed by atoms with E-state index in [9.17, 15) is 10.0 Å². The molecule has 1 amide bonds. The van der Waals surface area contributed by atoms with Gasteiger partial charge in [-0.25, -0.2) is 0 Å². The average Bonchev–Trinajstić information content (AvgIpc) is 2.85. The standard InChI is InChI=1S/C19H17N3O2/c23-18-19(20-14-7-3-1-4-8-14)12-11-16(21-24)17(13-19)22(18)15-9-5-2-6-10-15/h1-12,17,20,24H,13H2/b21-16+/t17-,19+/m1/s1. The second kappa shape index (κ2) is 5.53. The first-order valence-corrected chi connectivity index (χ1v) is 7.87. The third-order valence-corrected chi connectivity index (χ3v) is 4.60. The molecule has 2 atom stereocenters. The predicted molar refractivity (Wildman–Crippen MR) is 93.5 cm³/mol. The molecule has 2 aromatic carbocycles. The van der Waals surface area contributed by atoms with Gasteiger partial charge in [-0.1, -0.05) is 41.6 Å². The number of hydrogen-bond acceptors (Lipinski definition) is 4. The monoisotopic (exact) mass is 319 g/mol. The molecule has 2 bridgehead atoms. The van der Waals surface area contributed by atoms with Crippen molar-refractivity contribution >= 4 is 23.0 Å². The number of hydrogen-bond donors (Lipinski definition) is 2. The van der Waals surface area contributed by atoms with Crippen LogP contribution in [0.1, 0.15) is 6.42 Å². The average molecular weight is 319 g/mol. The third-order valence-electron chi connectivity index (χ3n) is 4.60. The zero-order chi connectivity index (χ0) is 16.6. The molecule has 2 aliphatic rings. The molecule has 2 N–H and O–H groups in total. The molecule has 4 rings (SSSR count). The molecule has 1 heterocycles. The van der Waals surface area contributed by atoms with Crippen molar-refractivity contribution in [2.75, 3.05) is 10.2 Å². The highest BCUT2D eigenvalue weighted by molar-refractivity contribution is 6.18. The topological polar surface area (TPSA) is 64.9 Å². The van der Waals surface area contributed by atoms with Crippen LogP contribution < -0.4 is 10.2 Å². The van der Waals surface area contributed by atoms with Gasteiger partial charge in [0.05, 0.1) is 6.04 Å². The van der Waals surface area contributed by atoms with E-state index in [0.717, 1.165) is 11.4 Å². The Labute approximate surface area is 139 Å². The van der Waals surface area contributed by atoms with Crippen LogP contribution in [0.15, 0.2) is 78.0 Å². The summed E-state index contributed by atoms with van der Waals surface area (Å²) in [6.45, 7) is 0. The minimum atomic E-state index is -0.823. The Balaban J connectivity index is 1.77. The van der Waals surface area contributed by atoms with Gasteiger partial charge in [-0.05, 0) is 36.4 Å². The first kappa shape index (κ1) is 14.5. The van der Waals surface area contributed by atoms with E-state index < -0.39 is 5.54 Å². The van der Waals surface area contributed by atoms with Gasteiger partial charge >= 0.3 is 0 Å². The van der Waals surface area contributed by atoms with Crippen LogP contribution in [0.3, 0.4) is 0 Å². The Kier molecular flexibility index (Phi) is 3.34. The Morgan fingerprint density at radius 2 is 1.75 bits per heavy atom. The molecule has 120 valence electrons. The lowest BCUT2D eigenvalue weighted by molar-refractivity contribution is -0.119. The van der Waals surface area contributed by atoms with Gasteiger partial charge in [0.2, 0.25) is 0 Å². The number of nitrogens with zero attached hydrogens (tertiary/aromatic N) is 2. The summed E-state index contributed by atoms with van der Waals surface area (Å²) < 4.78 is 0. The lowest BCUT2D eigenvalue weighted by Crippen LogP contribution is -2.44. The molecule has 1 aliphatic heterocycles. The van der Waals surface area contributed by atoms with Crippen LogP contribution in [-0.4, -0.2) is 28.4 Å². The van der Waals surface area contributed by atoms with Crippen LogP contribution in [-0.2, 0) is 4.79 Å². The van der Waals surface area contributed by atoms with E-state index >= 15 is 0 Å². The van der Waals surface area contributed by atoms with E-state index in [1.54, 1.807) is 17.1 Å². The van der Waals surface area contributed by atoms with Gasteiger partial charge in [0.15, 0.2) is 0 Å². The summed E-state index contributed by atoms with van der Waals surface area (Å²) in [4.78, 5) is 15.0. The number of benzene rings is 2. The quantitative estimate of drug-likeness (QED) is 0.675. The molecule has 5 nitrogen and oxygen atoms in total. The van der Waals surface area contributed by atoms with E-state index in [0.29, 0.717) is 12.1 Å². The molecule has 1 aliphatic carbocycles. The van der Waals surface area contributed by atoms with Crippen molar-refractivity contribution in [3.63, 3.8) is 0 Å². The normalized spacial score (nSPS) is 26.8. The van der Waals surface area contributed by atoms with Gasteiger partial charge in [0.25, 0.3) is 5.91 Å². The fraction of sp³-hybridized carbons (Fsp3) is 0.158. The predicted octanol–water partition coefficient (Wildman–Crippen LogP) is 3.04. The number of fused-ring (bicyclic) bond motifs is 2. The molecule has 0 unspecified atom stereocenters. The molecule has 1 saturated heterocycles. The number of amides is 1. The largest absolute Gasteiger partial charge is 0.411 e. The Morgan fingerprint density at radius 1 is 1.08 bits per heavy atom. The van der Waals surface area contributed by atoms with Crippen molar-refractivity contribution in [3.05, 3.63) is 72.8 Å². The zero-order valence-corrected chi connectivity index (χ0v) is 13.0. The van der Waals surface area contributed by atoms with E-state index in [2.05, 4.69) is 10.5 Å². The molecular weight excluding hydrogens is 302 g/mol. The van der Waals surface area contributed by atoms with Crippen molar-refractivity contribution in [1.82, 2.24) is 0 Å². The van der Waals surface area contributed by atoms with Crippen LogP contribution in [0, 0.1) is 0 Å². The summed E-state index contributed by atoms with van der Waals surface area (Å²) in [6.07, 6.45) is 4.05. The summed E-state index contributed by atoms with van der Waals surface area (Å²) in [7, 11) is 0. The molecule has 0 saturated carbocycles. The zero-order valence-electron chi connectivity index (χ0n) is 13.0. The van der Waals surface area contributed by atoms with E-state index in [-0.39, 0.29) is 11.9 Å². The maximum Gasteiger partial charge on any atom is 0.257 e. The number of rotatable bonds is 3. The fourth-order valence-corrected chi connectivity index (χ4v) is 3.47. The van der Waals surface area contributed by atoms with Crippen molar-refractivity contribution in [3.8, 4) is 0 Å². The van der Waals surface area contributed by atoms with Gasteiger partial charge in [-0.3, -0.25) is 4.79 Å². The number of oxime groups is 1. The van der Waals surface area contributed by atoms with Crippen LogP contribution >= 0.6 is 0 Å². The molecule has 0 spiro atoms. The first-order chi connectivity index (χ1) is 11.7. The van der Waals surface area contributed by atoms with Crippen molar-refractivity contribution in [1.29, 1.82) is 0 Å². The number of carbonyl (C=O) groups is 1. The second-order valence-electron chi connectivity index (χ2n) is 6.05. The highest BCUT2D eigenvalue weighted by Gasteiger charge is 2.54. The Morgan fingerprint density at radius 3 is 2.42 bits per heavy atom. The van der Waals surface area contributed by atoms with Crippen LogP contribution in [0.5, 0.6) is 0 Å². The number of nitrogens with one attached hydrogen (secondary N) is 1. The lowest BCUT2D eigenvalue weighted by atomic mass is 9.87. The minimum absolute atomic E-state index is 0.0440. The summed E-state index contributed by atoms with van der Waals surface area (Å²) in [5.41, 5.74) is 1.36. The molecule has 2 aromatic rings. The van der Waals surface area contributed by atoms with E-state index in [1.165, 1.54) is 0 Å². The number of carbonyl (C=O) groups excluding carboxylic acids is 1. The van der Waals surface area contributed by atoms with Gasteiger partial charge in [-0.15, -0.1) is 0 Å². The molecule has 5 heteroatoms. The van der Waals surface area contributed by atoms with Gasteiger partial charge < -0.3 is 15.4 Å². The highest BCUT2D eigenvalue weighted by Crippen LogP contribution is 2.40. The SMILES string of the molecule is O=C1N(c2ccccc2)[C@@H]2C[C@@]1(Nc1ccccc1)C=C/C2=N\O. The molecule has 0 aromatic heterocycles. The number of para-hydroxylation sites is 2. The summed E-state index contributed by atoms with van der Waals surface area (Å²) in [5, 5.41) is 16.1. The van der Waals surface area contributed by atoms with Crippen molar-refractivity contribution in [2.45, 2.75) is 18.0 Å². The van der Waals surface area contributed by atoms with Crippen LogP contribution in [0.25, 0.3) is 0 Å². The van der Waals surface area contributed by atoms with Crippen molar-refractivity contribution < 1.29 is 10.0 Å². The van der Waals surface area contributed by atoms with E-state index in [4.69, 9.17) is 0 Å². The van der Waals surface area contributed by atoms with Gasteiger partial charge in [0, 0.05) is 17.8 Å². The van der Waals surface area contributed by atoms with Gasteiger partial charge in [-0.2, -0.15) is 0 Å². The first-order valence-electron chi connectivity index (χ1n) is 7.87. The smallest absolute Gasteiger partial charge is 0.257 e. The molecule has 0 radical (unpaired) electrons. The molecular formula is C19H17N3O2. The fourth-order valence-electron chi connectivity index (χ4n) is 3.47. The van der Waals surface area contributed by atoms with Crippen LogP contribution in [0.2, 0.25) is 0 Å².